The lowest BCUT2D eigenvalue weighted by Gasteiger charge is -2.07. The van der Waals surface area contributed by atoms with Gasteiger partial charge in [0.05, 0.1) is 5.69 Å². The highest BCUT2D eigenvalue weighted by Gasteiger charge is 2.04. The van der Waals surface area contributed by atoms with Crippen molar-refractivity contribution in [2.24, 2.45) is 0 Å². The van der Waals surface area contributed by atoms with Gasteiger partial charge in [0.15, 0.2) is 0 Å². The summed E-state index contributed by atoms with van der Waals surface area (Å²) < 4.78 is 0. The predicted molar refractivity (Wildman–Crippen MR) is 82.4 cm³/mol. The molecule has 0 aliphatic heterocycles. The maximum Gasteiger partial charge on any atom is 0.0708 e. The molecule has 0 aliphatic rings. The number of nitrogens with zero attached hydrogens (tertiary/aromatic N) is 2. The zero-order valence-electron chi connectivity index (χ0n) is 11.7. The van der Waals surface area contributed by atoms with Gasteiger partial charge in [0.25, 0.3) is 0 Å². The third kappa shape index (κ3) is 2.59. The minimum Gasteiger partial charge on any atom is -0.258 e. The van der Waals surface area contributed by atoms with E-state index in [4.69, 9.17) is 0 Å². The van der Waals surface area contributed by atoms with Crippen molar-refractivity contribution in [3.8, 4) is 22.4 Å². The predicted octanol–water partition coefficient (Wildman–Crippen LogP) is 4.43. The van der Waals surface area contributed by atoms with E-state index in [0.717, 1.165) is 22.6 Å². The van der Waals surface area contributed by atoms with Gasteiger partial charge in [-0.25, -0.2) is 0 Å². The second kappa shape index (κ2) is 5.25. The summed E-state index contributed by atoms with van der Waals surface area (Å²) in [5.41, 5.74) is 6.57. The Bertz CT molecular complexity index is 713. The topological polar surface area (TPSA) is 25.8 Å². The second-order valence-electron chi connectivity index (χ2n) is 4.93. The Kier molecular flexibility index (Phi) is 3.30. The van der Waals surface area contributed by atoms with Crippen molar-refractivity contribution in [2.45, 2.75) is 13.8 Å². The highest BCUT2D eigenvalue weighted by molar-refractivity contribution is 5.70. The Morgan fingerprint density at radius 2 is 1.40 bits per heavy atom. The molecule has 2 heteroatoms. The Balaban J connectivity index is 2.07. The second-order valence-corrected chi connectivity index (χ2v) is 4.93. The molecule has 0 fully saturated rings. The van der Waals surface area contributed by atoms with E-state index in [-0.39, 0.29) is 0 Å². The van der Waals surface area contributed by atoms with Crippen LogP contribution in [0.2, 0.25) is 0 Å². The van der Waals surface area contributed by atoms with Crippen LogP contribution < -0.4 is 0 Å². The molecular formula is C18H16N2. The summed E-state index contributed by atoms with van der Waals surface area (Å²) in [7, 11) is 0. The van der Waals surface area contributed by atoms with E-state index in [2.05, 4.69) is 40.3 Å². The van der Waals surface area contributed by atoms with Crippen molar-refractivity contribution >= 4 is 0 Å². The first-order valence-electron chi connectivity index (χ1n) is 6.69. The van der Waals surface area contributed by atoms with Gasteiger partial charge in [-0.3, -0.25) is 9.97 Å². The standard InChI is InChI=1S/C18H16N2/c1-13-10-17(11-14(2)20-13)16-8-9-19-18(12-16)15-6-4-3-5-7-15/h3-12H,1-2H3. The van der Waals surface area contributed by atoms with Crippen molar-refractivity contribution < 1.29 is 0 Å². The van der Waals surface area contributed by atoms with Crippen LogP contribution in [0.15, 0.2) is 60.8 Å². The SMILES string of the molecule is Cc1cc(-c2ccnc(-c3ccccc3)c2)cc(C)n1. The van der Waals surface area contributed by atoms with Gasteiger partial charge in [-0.1, -0.05) is 30.3 Å². The number of pyridine rings is 2. The molecule has 0 saturated heterocycles. The summed E-state index contributed by atoms with van der Waals surface area (Å²) in [6.07, 6.45) is 1.86. The first kappa shape index (κ1) is 12.5. The molecule has 0 saturated carbocycles. The zero-order chi connectivity index (χ0) is 13.9. The number of rotatable bonds is 2. The molecule has 0 unspecified atom stereocenters. The van der Waals surface area contributed by atoms with Crippen molar-refractivity contribution in [3.05, 3.63) is 72.2 Å². The number of aromatic nitrogens is 2. The molecule has 98 valence electrons. The van der Waals surface area contributed by atoms with Crippen molar-refractivity contribution in [3.63, 3.8) is 0 Å². The first-order chi connectivity index (χ1) is 9.72. The van der Waals surface area contributed by atoms with Crippen molar-refractivity contribution in [2.75, 3.05) is 0 Å². The Morgan fingerprint density at radius 3 is 2.10 bits per heavy atom. The molecule has 2 aromatic heterocycles. The van der Waals surface area contributed by atoms with Crippen LogP contribution in [-0.2, 0) is 0 Å². The fourth-order valence-electron chi connectivity index (χ4n) is 2.38. The van der Waals surface area contributed by atoms with Crippen LogP contribution in [0.1, 0.15) is 11.4 Å². The van der Waals surface area contributed by atoms with Crippen LogP contribution in [0, 0.1) is 13.8 Å². The molecular weight excluding hydrogens is 244 g/mol. The minimum atomic E-state index is 0.996. The van der Waals surface area contributed by atoms with Crippen LogP contribution in [0.5, 0.6) is 0 Å². The Hall–Kier alpha value is -2.48. The molecule has 0 spiro atoms. The maximum absolute atomic E-state index is 4.46. The fraction of sp³-hybridized carbons (Fsp3) is 0.111. The molecule has 0 amide bonds. The summed E-state index contributed by atoms with van der Waals surface area (Å²) in [4.78, 5) is 8.89. The molecule has 3 rings (SSSR count). The maximum atomic E-state index is 4.46. The van der Waals surface area contributed by atoms with Gasteiger partial charge in [0.2, 0.25) is 0 Å². The molecule has 20 heavy (non-hydrogen) atoms. The van der Waals surface area contributed by atoms with Crippen LogP contribution in [0.25, 0.3) is 22.4 Å². The Morgan fingerprint density at radius 1 is 0.700 bits per heavy atom. The lowest BCUT2D eigenvalue weighted by Crippen LogP contribution is -1.89. The van der Waals surface area contributed by atoms with E-state index in [0.29, 0.717) is 0 Å². The van der Waals surface area contributed by atoms with Gasteiger partial charge < -0.3 is 0 Å². The first-order valence-corrected chi connectivity index (χ1v) is 6.69. The third-order valence-electron chi connectivity index (χ3n) is 3.24. The highest BCUT2D eigenvalue weighted by atomic mass is 14.7. The lowest BCUT2D eigenvalue weighted by molar-refractivity contribution is 1.12. The summed E-state index contributed by atoms with van der Waals surface area (Å²) in [5, 5.41) is 0. The van der Waals surface area contributed by atoms with E-state index >= 15 is 0 Å². The molecule has 0 atom stereocenters. The zero-order valence-corrected chi connectivity index (χ0v) is 11.7. The van der Waals surface area contributed by atoms with Gasteiger partial charge in [-0.05, 0) is 49.2 Å². The fourth-order valence-corrected chi connectivity index (χ4v) is 2.38. The molecule has 0 aliphatic carbocycles. The minimum absolute atomic E-state index is 0.996. The number of benzene rings is 1. The van der Waals surface area contributed by atoms with Crippen LogP contribution in [0.4, 0.5) is 0 Å². The quantitative estimate of drug-likeness (QED) is 0.681. The van der Waals surface area contributed by atoms with E-state index < -0.39 is 0 Å². The third-order valence-corrected chi connectivity index (χ3v) is 3.24. The van der Waals surface area contributed by atoms with Crippen LogP contribution >= 0.6 is 0 Å². The average molecular weight is 260 g/mol. The van der Waals surface area contributed by atoms with Crippen LogP contribution in [0.3, 0.4) is 0 Å². The van der Waals surface area contributed by atoms with Crippen molar-refractivity contribution in [1.29, 1.82) is 0 Å². The lowest BCUT2D eigenvalue weighted by atomic mass is 10.0. The molecule has 3 aromatic rings. The van der Waals surface area contributed by atoms with Crippen molar-refractivity contribution in [1.82, 2.24) is 9.97 Å². The molecule has 2 heterocycles. The van der Waals surface area contributed by atoms with E-state index in [1.165, 1.54) is 11.1 Å². The molecule has 0 N–H and O–H groups in total. The van der Waals surface area contributed by atoms with Gasteiger partial charge in [-0.15, -0.1) is 0 Å². The number of hydrogen-bond acceptors (Lipinski definition) is 2. The number of aryl methyl sites for hydroxylation is 2. The molecule has 0 bridgehead atoms. The number of hydrogen-bond donors (Lipinski definition) is 0. The monoisotopic (exact) mass is 260 g/mol. The van der Waals surface area contributed by atoms with E-state index in [1.807, 2.05) is 44.3 Å². The smallest absolute Gasteiger partial charge is 0.0708 e. The summed E-state index contributed by atoms with van der Waals surface area (Å²) >= 11 is 0. The van der Waals surface area contributed by atoms with Gasteiger partial charge in [0, 0.05) is 23.1 Å². The Labute approximate surface area is 119 Å². The van der Waals surface area contributed by atoms with E-state index in [1.54, 1.807) is 0 Å². The average Bonchev–Trinajstić information content (AvgIpc) is 2.47. The summed E-state index contributed by atoms with van der Waals surface area (Å²) in [6, 6.07) is 18.6. The van der Waals surface area contributed by atoms with Gasteiger partial charge in [0.1, 0.15) is 0 Å². The summed E-state index contributed by atoms with van der Waals surface area (Å²) in [6.45, 7) is 4.05. The highest BCUT2D eigenvalue weighted by Crippen LogP contribution is 2.25. The van der Waals surface area contributed by atoms with Gasteiger partial charge >= 0.3 is 0 Å². The summed E-state index contributed by atoms with van der Waals surface area (Å²) in [5.74, 6) is 0. The molecule has 1 aromatic carbocycles. The van der Waals surface area contributed by atoms with E-state index in [9.17, 15) is 0 Å². The molecule has 2 nitrogen and oxygen atoms in total. The molecule has 0 radical (unpaired) electrons. The van der Waals surface area contributed by atoms with Gasteiger partial charge in [-0.2, -0.15) is 0 Å². The largest absolute Gasteiger partial charge is 0.258 e. The normalized spacial score (nSPS) is 10.5. The van der Waals surface area contributed by atoms with Crippen LogP contribution in [-0.4, -0.2) is 9.97 Å².